The predicted octanol–water partition coefficient (Wildman–Crippen LogP) is 2.63. The fraction of sp³-hybridized carbons (Fsp3) is 0.0625. The molecule has 0 N–H and O–H groups in total. The number of allylic oxidation sites excluding steroid dienone is 5. The summed E-state index contributed by atoms with van der Waals surface area (Å²) in [6.07, 6.45) is 8.66. The third-order valence-corrected chi connectivity index (χ3v) is 10.4. The summed E-state index contributed by atoms with van der Waals surface area (Å²) in [5, 5.41) is 4.41. The molecule has 4 aromatic carbocycles. The van der Waals surface area contributed by atoms with Gasteiger partial charge in [0.25, 0.3) is 0 Å². The van der Waals surface area contributed by atoms with Crippen molar-refractivity contribution >= 4 is 40.8 Å². The van der Waals surface area contributed by atoms with Crippen molar-refractivity contribution in [3.05, 3.63) is 158 Å². The van der Waals surface area contributed by atoms with Crippen molar-refractivity contribution in [3.8, 4) is 0 Å². The molecule has 8 rings (SSSR count). The summed E-state index contributed by atoms with van der Waals surface area (Å²) in [7, 11) is -0.450. The first-order chi connectivity index (χ1) is 16.8. The fourth-order valence-corrected chi connectivity index (χ4v) is 8.92. The summed E-state index contributed by atoms with van der Waals surface area (Å²) < 4.78 is 1.19. The largest absolute Gasteiger partial charge is 3.00 e. The van der Waals surface area contributed by atoms with E-state index in [0.717, 1.165) is 0 Å². The molecule has 0 fully saturated rings. The van der Waals surface area contributed by atoms with Gasteiger partial charge < -0.3 is 24.8 Å². The minimum Gasteiger partial charge on any atom is -1.00 e. The molecule has 3 atom stereocenters. The Bertz CT molecular complexity index is 1510. The Morgan fingerprint density at radius 3 is 2.03 bits per heavy atom. The summed E-state index contributed by atoms with van der Waals surface area (Å²) in [5.41, 5.74) is 8.21. The molecule has 1 radical (unpaired) electrons. The molecule has 2 aliphatic heterocycles. The van der Waals surface area contributed by atoms with Gasteiger partial charge in [-0.25, -0.2) is 0 Å². The SMILES string of the molecule is Brc1ccc(C2[C-]=C3C(c4ccccc4)=C2P3c2ccccc2)c2c1C(c1ccccc1)C=C2.[Cl-].[Cl-].[Zr+3]. The number of hydrogen-bond donors (Lipinski definition) is 0. The standard InChI is InChI=1S/C32H21BrP.2ClH.Zr/c33-28-19-18-25(26-17-16-24(31(26)28)21-10-4-1-5-11-21)27-20-29-30(22-12-6-2-7-13-22)32(27)34(29)23-14-8-3-9-15-23;;;/h1-19,24,27H;2*1H;/q-1;;;+3/p-2. The molecule has 0 aromatic heterocycles. The van der Waals surface area contributed by atoms with Crippen molar-refractivity contribution in [1.29, 1.82) is 0 Å². The third-order valence-electron chi connectivity index (χ3n) is 7.09. The van der Waals surface area contributed by atoms with Crippen LogP contribution in [0, 0.1) is 6.08 Å². The molecule has 2 aliphatic carbocycles. The molecule has 37 heavy (non-hydrogen) atoms. The quantitative estimate of drug-likeness (QED) is 0.230. The zero-order valence-electron chi connectivity index (χ0n) is 19.7. The van der Waals surface area contributed by atoms with Crippen LogP contribution in [-0.4, -0.2) is 0 Å². The van der Waals surface area contributed by atoms with Crippen LogP contribution in [0.3, 0.4) is 0 Å². The molecule has 5 heteroatoms. The fourth-order valence-electron chi connectivity index (χ4n) is 5.59. The monoisotopic (exact) mass is 675 g/mol. The van der Waals surface area contributed by atoms with Crippen molar-refractivity contribution in [2.24, 2.45) is 0 Å². The van der Waals surface area contributed by atoms with E-state index in [1.165, 1.54) is 48.5 Å². The molecule has 2 heterocycles. The van der Waals surface area contributed by atoms with E-state index in [4.69, 9.17) is 0 Å². The van der Waals surface area contributed by atoms with Crippen LogP contribution < -0.4 is 30.1 Å². The first-order valence-corrected chi connectivity index (χ1v) is 13.8. The minimum atomic E-state index is -0.450. The van der Waals surface area contributed by atoms with E-state index in [1.54, 1.807) is 5.31 Å². The van der Waals surface area contributed by atoms with E-state index in [-0.39, 0.29) is 62.9 Å². The molecule has 2 bridgehead atoms. The smallest absolute Gasteiger partial charge is 1.00 e. The summed E-state index contributed by atoms with van der Waals surface area (Å²) in [6.45, 7) is 0. The van der Waals surface area contributed by atoms with Gasteiger partial charge in [0, 0.05) is 10.4 Å². The Balaban J connectivity index is 0.00000107. The maximum atomic E-state index is 3.97. The number of halogens is 3. The van der Waals surface area contributed by atoms with Gasteiger partial charge in [0.05, 0.1) is 0 Å². The van der Waals surface area contributed by atoms with Gasteiger partial charge in [0.15, 0.2) is 0 Å². The van der Waals surface area contributed by atoms with Gasteiger partial charge in [-0.1, -0.05) is 145 Å². The van der Waals surface area contributed by atoms with Crippen LogP contribution in [0.25, 0.3) is 11.6 Å². The molecule has 0 spiro atoms. The molecule has 0 nitrogen and oxygen atoms in total. The van der Waals surface area contributed by atoms with Crippen molar-refractivity contribution < 1.29 is 51.0 Å². The number of hydrogen-bond acceptors (Lipinski definition) is 0. The maximum absolute atomic E-state index is 3.97. The van der Waals surface area contributed by atoms with Crippen LogP contribution in [0.15, 0.2) is 124 Å². The van der Waals surface area contributed by atoms with Crippen LogP contribution in [0.1, 0.15) is 39.7 Å². The van der Waals surface area contributed by atoms with E-state index in [2.05, 4.69) is 137 Å². The molecule has 179 valence electrons. The van der Waals surface area contributed by atoms with Gasteiger partial charge in [-0.15, -0.1) is 5.31 Å². The van der Waals surface area contributed by atoms with Crippen LogP contribution in [-0.2, 0) is 26.2 Å². The maximum Gasteiger partial charge on any atom is 3.00 e. The second-order valence-electron chi connectivity index (χ2n) is 8.93. The van der Waals surface area contributed by atoms with Crippen LogP contribution in [0.2, 0.25) is 0 Å². The summed E-state index contributed by atoms with van der Waals surface area (Å²) in [5.74, 6) is 0.505. The topological polar surface area (TPSA) is 0 Å². The van der Waals surface area contributed by atoms with Gasteiger partial charge in [-0.05, 0) is 33.6 Å². The molecule has 0 saturated heterocycles. The van der Waals surface area contributed by atoms with Gasteiger partial charge in [-0.3, -0.25) is 6.08 Å². The normalized spacial score (nSPS) is 20.1. The van der Waals surface area contributed by atoms with Crippen molar-refractivity contribution in [2.75, 3.05) is 0 Å². The van der Waals surface area contributed by atoms with Crippen LogP contribution in [0.4, 0.5) is 0 Å². The van der Waals surface area contributed by atoms with Crippen LogP contribution in [0.5, 0.6) is 0 Å². The summed E-state index contributed by atoms with van der Waals surface area (Å²) >= 11 is 3.88. The number of rotatable bonds is 4. The van der Waals surface area contributed by atoms with Crippen molar-refractivity contribution in [1.82, 2.24) is 0 Å². The number of fused-ring (bicyclic) bond motifs is 2. The van der Waals surface area contributed by atoms with Gasteiger partial charge in [0.1, 0.15) is 0 Å². The van der Waals surface area contributed by atoms with Crippen molar-refractivity contribution in [2.45, 2.75) is 11.8 Å². The molecule has 4 aromatic rings. The van der Waals surface area contributed by atoms with Crippen LogP contribution >= 0.6 is 23.9 Å². The van der Waals surface area contributed by atoms with E-state index < -0.39 is 7.92 Å². The van der Waals surface area contributed by atoms with E-state index in [1.807, 2.05) is 0 Å². The third kappa shape index (κ3) is 4.64. The first-order valence-electron chi connectivity index (χ1n) is 11.7. The summed E-state index contributed by atoms with van der Waals surface area (Å²) in [4.78, 5) is 0. The molecule has 0 amide bonds. The Labute approximate surface area is 259 Å². The van der Waals surface area contributed by atoms with E-state index >= 15 is 0 Å². The van der Waals surface area contributed by atoms with Gasteiger partial charge in [-0.2, -0.15) is 10.9 Å². The second kappa shape index (κ2) is 11.7. The van der Waals surface area contributed by atoms with Gasteiger partial charge in [0.2, 0.25) is 0 Å². The molecule has 3 unspecified atom stereocenters. The predicted molar refractivity (Wildman–Crippen MR) is 147 cm³/mol. The Kier molecular flexibility index (Phi) is 9.00. The average Bonchev–Trinajstić information content (AvgIpc) is 3.60. The van der Waals surface area contributed by atoms with Crippen molar-refractivity contribution in [3.63, 3.8) is 0 Å². The minimum absolute atomic E-state index is 0. The Hall–Kier alpha value is -1.53. The second-order valence-corrected chi connectivity index (χ2v) is 11.9. The van der Waals surface area contributed by atoms with E-state index in [9.17, 15) is 0 Å². The first kappa shape index (κ1) is 28.5. The molecular formula is C32H21BrCl2PZr. The molecular weight excluding hydrogens is 657 g/mol. The zero-order chi connectivity index (χ0) is 22.6. The zero-order valence-corrected chi connectivity index (χ0v) is 26.2. The average molecular weight is 679 g/mol. The molecule has 0 saturated carbocycles. The van der Waals surface area contributed by atoms with E-state index in [0.29, 0.717) is 0 Å². The Morgan fingerprint density at radius 1 is 0.730 bits per heavy atom. The Morgan fingerprint density at radius 2 is 1.35 bits per heavy atom. The van der Waals surface area contributed by atoms with Gasteiger partial charge >= 0.3 is 26.2 Å². The number of benzene rings is 4. The summed E-state index contributed by atoms with van der Waals surface area (Å²) in [6, 6.07) is 37.3. The molecule has 4 aliphatic rings.